The molecule has 0 saturated heterocycles. The molecule has 0 aliphatic rings. The van der Waals surface area contributed by atoms with Gasteiger partial charge in [0.25, 0.3) is 0 Å². The average Bonchev–Trinajstić information content (AvgIpc) is 2.62. The van der Waals surface area contributed by atoms with Crippen LogP contribution in [0.15, 0.2) is 60.7 Å². The Morgan fingerprint density at radius 3 is 1.92 bits per heavy atom. The van der Waals surface area contributed by atoms with Crippen LogP contribution >= 0.6 is 0 Å². The van der Waals surface area contributed by atoms with Gasteiger partial charge >= 0.3 is 0 Å². The molecule has 6 heteroatoms. The minimum Gasteiger partial charge on any atom is -0.355 e. The summed E-state index contributed by atoms with van der Waals surface area (Å²) in [6, 6.07) is 19.3. The van der Waals surface area contributed by atoms with E-state index in [-0.39, 0.29) is 11.8 Å². The van der Waals surface area contributed by atoms with Crippen molar-refractivity contribution >= 4 is 15.9 Å². The Morgan fingerprint density at radius 1 is 1.00 bits per heavy atom. The molecule has 0 unspecified atom stereocenters. The second-order valence-electron chi connectivity index (χ2n) is 6.15. The minimum absolute atomic E-state index is 0.0789. The molecule has 2 aromatic carbocycles. The maximum absolute atomic E-state index is 12.8. The highest BCUT2D eigenvalue weighted by Gasteiger charge is 2.22. The van der Waals surface area contributed by atoms with Crippen LogP contribution in [0, 0.1) is 0 Å². The number of sulfonamides is 1. The molecular formula is C20H26N2O3S. The number of hydrogen-bond acceptors (Lipinski definition) is 3. The monoisotopic (exact) mass is 374 g/mol. The fraction of sp³-hybridized carbons (Fsp3) is 0.350. The van der Waals surface area contributed by atoms with Crippen LogP contribution in [-0.2, 0) is 14.8 Å². The molecule has 0 atom stereocenters. The average molecular weight is 375 g/mol. The van der Waals surface area contributed by atoms with E-state index in [9.17, 15) is 13.2 Å². The first kappa shape index (κ1) is 20.1. The third-order valence-electron chi connectivity index (χ3n) is 4.23. The van der Waals surface area contributed by atoms with E-state index >= 15 is 0 Å². The number of amides is 1. The molecule has 0 bridgehead atoms. The summed E-state index contributed by atoms with van der Waals surface area (Å²) in [6.07, 6.45) is 1.78. The molecule has 140 valence electrons. The summed E-state index contributed by atoms with van der Waals surface area (Å²) in [4.78, 5) is 12.8. The van der Waals surface area contributed by atoms with E-state index in [2.05, 4.69) is 5.32 Å². The SMILES string of the molecule is CCN(CCCNC(=O)C(c1ccccc1)c1ccccc1)S(C)(=O)=O. The highest BCUT2D eigenvalue weighted by Crippen LogP contribution is 2.24. The molecule has 0 aliphatic carbocycles. The molecule has 0 fully saturated rings. The fourth-order valence-corrected chi connectivity index (χ4v) is 3.84. The zero-order valence-electron chi connectivity index (χ0n) is 15.3. The lowest BCUT2D eigenvalue weighted by molar-refractivity contribution is -0.121. The number of carbonyl (C=O) groups is 1. The van der Waals surface area contributed by atoms with Crippen LogP contribution in [0.2, 0.25) is 0 Å². The van der Waals surface area contributed by atoms with Gasteiger partial charge in [0, 0.05) is 19.6 Å². The highest BCUT2D eigenvalue weighted by atomic mass is 32.2. The summed E-state index contributed by atoms with van der Waals surface area (Å²) in [5.41, 5.74) is 1.87. The van der Waals surface area contributed by atoms with E-state index in [1.165, 1.54) is 10.6 Å². The predicted octanol–water partition coefficient (Wildman–Crippen LogP) is 2.61. The van der Waals surface area contributed by atoms with E-state index in [1.54, 1.807) is 6.92 Å². The van der Waals surface area contributed by atoms with Gasteiger partial charge in [0.2, 0.25) is 15.9 Å². The Hall–Kier alpha value is -2.18. The topological polar surface area (TPSA) is 66.5 Å². The number of nitrogens with one attached hydrogen (secondary N) is 1. The molecule has 1 amide bonds. The summed E-state index contributed by atoms with van der Waals surface area (Å²) in [6.45, 7) is 3.07. The van der Waals surface area contributed by atoms with E-state index in [1.807, 2.05) is 60.7 Å². The van der Waals surface area contributed by atoms with Gasteiger partial charge in [0.15, 0.2) is 0 Å². The first-order chi connectivity index (χ1) is 12.4. The van der Waals surface area contributed by atoms with Gasteiger partial charge in [-0.2, -0.15) is 0 Å². The Kier molecular flexibility index (Phi) is 7.36. The maximum Gasteiger partial charge on any atom is 0.232 e. The van der Waals surface area contributed by atoms with Crippen LogP contribution in [0.5, 0.6) is 0 Å². The zero-order chi connectivity index (χ0) is 19.0. The smallest absolute Gasteiger partial charge is 0.232 e. The van der Waals surface area contributed by atoms with Gasteiger partial charge in [-0.25, -0.2) is 12.7 Å². The van der Waals surface area contributed by atoms with Gasteiger partial charge in [0.05, 0.1) is 12.2 Å². The second-order valence-corrected chi connectivity index (χ2v) is 8.14. The summed E-state index contributed by atoms with van der Waals surface area (Å²) in [5.74, 6) is -0.459. The van der Waals surface area contributed by atoms with Crippen molar-refractivity contribution in [3.63, 3.8) is 0 Å². The lowest BCUT2D eigenvalue weighted by Gasteiger charge is -2.20. The largest absolute Gasteiger partial charge is 0.355 e. The molecular weight excluding hydrogens is 348 g/mol. The molecule has 2 rings (SSSR count). The molecule has 0 spiro atoms. The first-order valence-corrected chi connectivity index (χ1v) is 10.6. The van der Waals surface area contributed by atoms with E-state index in [0.29, 0.717) is 26.1 Å². The van der Waals surface area contributed by atoms with Crippen LogP contribution in [-0.4, -0.2) is 44.5 Å². The van der Waals surface area contributed by atoms with Gasteiger partial charge in [0.1, 0.15) is 0 Å². The van der Waals surface area contributed by atoms with Crippen molar-refractivity contribution in [2.24, 2.45) is 0 Å². The standard InChI is InChI=1S/C20H26N2O3S/c1-3-22(26(2,24)25)16-10-15-21-20(23)19(17-11-6-4-7-12-17)18-13-8-5-9-14-18/h4-9,11-14,19H,3,10,15-16H2,1-2H3,(H,21,23). The number of carbonyl (C=O) groups excluding carboxylic acids is 1. The predicted molar refractivity (Wildman–Crippen MR) is 104 cm³/mol. The van der Waals surface area contributed by atoms with Crippen molar-refractivity contribution in [3.05, 3.63) is 71.8 Å². The van der Waals surface area contributed by atoms with Crippen LogP contribution < -0.4 is 5.32 Å². The quantitative estimate of drug-likeness (QED) is 0.686. The van der Waals surface area contributed by atoms with Crippen LogP contribution in [0.4, 0.5) is 0 Å². The molecule has 0 aliphatic heterocycles. The summed E-state index contributed by atoms with van der Waals surface area (Å²) < 4.78 is 24.6. The molecule has 0 saturated carbocycles. The van der Waals surface area contributed by atoms with Gasteiger partial charge in [-0.15, -0.1) is 0 Å². The third kappa shape index (κ3) is 5.68. The lowest BCUT2D eigenvalue weighted by Crippen LogP contribution is -2.35. The van der Waals surface area contributed by atoms with Gasteiger partial charge in [-0.05, 0) is 17.5 Å². The third-order valence-corrected chi connectivity index (χ3v) is 5.61. The first-order valence-electron chi connectivity index (χ1n) is 8.76. The van der Waals surface area contributed by atoms with Crippen molar-refractivity contribution in [1.29, 1.82) is 0 Å². The zero-order valence-corrected chi connectivity index (χ0v) is 16.1. The Labute approximate surface area is 156 Å². The maximum atomic E-state index is 12.8. The summed E-state index contributed by atoms with van der Waals surface area (Å²) in [5, 5.41) is 2.95. The van der Waals surface area contributed by atoms with Gasteiger partial charge in [-0.3, -0.25) is 4.79 Å². The molecule has 1 N–H and O–H groups in total. The normalized spacial score (nSPS) is 11.7. The Balaban J connectivity index is 2.02. The van der Waals surface area contributed by atoms with Crippen molar-refractivity contribution in [1.82, 2.24) is 9.62 Å². The molecule has 0 aromatic heterocycles. The second kappa shape index (κ2) is 9.50. The number of benzene rings is 2. The van der Waals surface area contributed by atoms with Crippen molar-refractivity contribution in [2.75, 3.05) is 25.9 Å². The van der Waals surface area contributed by atoms with Crippen LogP contribution in [0.1, 0.15) is 30.4 Å². The Morgan fingerprint density at radius 2 is 1.50 bits per heavy atom. The lowest BCUT2D eigenvalue weighted by atomic mass is 9.90. The van der Waals surface area contributed by atoms with Crippen molar-refractivity contribution in [2.45, 2.75) is 19.3 Å². The number of rotatable bonds is 9. The van der Waals surface area contributed by atoms with Crippen LogP contribution in [0.25, 0.3) is 0 Å². The summed E-state index contributed by atoms with van der Waals surface area (Å²) in [7, 11) is -3.20. The molecule has 5 nitrogen and oxygen atoms in total. The Bertz CT molecular complexity index is 753. The van der Waals surface area contributed by atoms with E-state index in [0.717, 1.165) is 11.1 Å². The highest BCUT2D eigenvalue weighted by molar-refractivity contribution is 7.88. The number of nitrogens with zero attached hydrogens (tertiary/aromatic N) is 1. The summed E-state index contributed by atoms with van der Waals surface area (Å²) >= 11 is 0. The van der Waals surface area contributed by atoms with E-state index < -0.39 is 10.0 Å². The molecule has 26 heavy (non-hydrogen) atoms. The van der Waals surface area contributed by atoms with Crippen LogP contribution in [0.3, 0.4) is 0 Å². The molecule has 2 aromatic rings. The van der Waals surface area contributed by atoms with Gasteiger partial charge in [-0.1, -0.05) is 67.6 Å². The molecule has 0 heterocycles. The van der Waals surface area contributed by atoms with Crippen molar-refractivity contribution < 1.29 is 13.2 Å². The van der Waals surface area contributed by atoms with Gasteiger partial charge < -0.3 is 5.32 Å². The van der Waals surface area contributed by atoms with E-state index in [4.69, 9.17) is 0 Å². The fourth-order valence-electron chi connectivity index (χ4n) is 2.91. The van der Waals surface area contributed by atoms with Crippen molar-refractivity contribution in [3.8, 4) is 0 Å². The number of hydrogen-bond donors (Lipinski definition) is 1. The molecule has 0 radical (unpaired) electrons. The minimum atomic E-state index is -3.20.